The number of anilines is 1. The first-order valence-electron chi connectivity index (χ1n) is 9.94. The molecule has 162 valence electrons. The first-order valence-corrected chi connectivity index (χ1v) is 9.94. The predicted octanol–water partition coefficient (Wildman–Crippen LogP) is 2.96. The van der Waals surface area contributed by atoms with E-state index in [1.807, 2.05) is 0 Å². The zero-order valence-electron chi connectivity index (χ0n) is 17.8. The van der Waals surface area contributed by atoms with Gasteiger partial charge in [0.25, 0.3) is 5.91 Å². The average molecular weight is 431 g/mol. The van der Waals surface area contributed by atoms with Crippen molar-refractivity contribution in [1.82, 2.24) is 10.2 Å². The summed E-state index contributed by atoms with van der Waals surface area (Å²) in [5.41, 5.74) is 1.59. The molecule has 1 aliphatic heterocycles. The molecule has 4 rings (SSSR count). The fraction of sp³-hybridized carbons (Fsp3) is 0.208. The number of hydrogen-bond acceptors (Lipinski definition) is 7. The average Bonchev–Trinajstić information content (AvgIpc) is 3.09. The van der Waals surface area contributed by atoms with Crippen LogP contribution >= 0.6 is 0 Å². The molecular weight excluding hydrogens is 410 g/mol. The molecule has 3 aromatic rings. The van der Waals surface area contributed by atoms with Crippen molar-refractivity contribution >= 4 is 23.3 Å². The van der Waals surface area contributed by atoms with Gasteiger partial charge in [0.15, 0.2) is 11.6 Å². The fourth-order valence-corrected chi connectivity index (χ4v) is 3.78. The number of rotatable bonds is 6. The molecule has 1 fully saturated rings. The Bertz CT molecular complexity index is 1160. The number of ether oxygens (including phenoxy) is 2. The highest BCUT2D eigenvalue weighted by Gasteiger charge is 2.52. The van der Waals surface area contributed by atoms with Crippen molar-refractivity contribution < 1.29 is 23.9 Å². The van der Waals surface area contributed by atoms with E-state index >= 15 is 0 Å². The number of carbonyl (C=O) groups is 3. The number of hydrogen-bond donors (Lipinski definition) is 0. The zero-order valence-corrected chi connectivity index (χ0v) is 17.8. The van der Waals surface area contributed by atoms with Gasteiger partial charge in [-0.2, -0.15) is 5.10 Å². The van der Waals surface area contributed by atoms with E-state index in [4.69, 9.17) is 9.47 Å². The Hall–Kier alpha value is -4.07. The van der Waals surface area contributed by atoms with E-state index in [0.29, 0.717) is 28.3 Å². The van der Waals surface area contributed by atoms with Crippen molar-refractivity contribution in [2.45, 2.75) is 13.0 Å². The molecule has 2 aromatic carbocycles. The Kier molecular flexibility index (Phi) is 5.68. The van der Waals surface area contributed by atoms with Crippen molar-refractivity contribution in [3.8, 4) is 11.5 Å². The second-order valence-corrected chi connectivity index (χ2v) is 7.36. The summed E-state index contributed by atoms with van der Waals surface area (Å²) in [7, 11) is 3.07. The largest absolute Gasteiger partial charge is 0.497 e. The summed E-state index contributed by atoms with van der Waals surface area (Å²) in [5, 5.41) is 8.11. The lowest BCUT2D eigenvalue weighted by atomic mass is 9.86. The maximum Gasteiger partial charge on any atom is 0.297 e. The first-order chi connectivity index (χ1) is 15.4. The van der Waals surface area contributed by atoms with Gasteiger partial charge >= 0.3 is 0 Å². The monoisotopic (exact) mass is 431 g/mol. The summed E-state index contributed by atoms with van der Waals surface area (Å²) in [5.74, 6) is -1.85. The normalized spacial score (nSPS) is 18.0. The predicted molar refractivity (Wildman–Crippen MR) is 116 cm³/mol. The van der Waals surface area contributed by atoms with E-state index in [1.54, 1.807) is 74.7 Å². The molecule has 1 aromatic heterocycles. The van der Waals surface area contributed by atoms with E-state index in [0.717, 1.165) is 0 Å². The lowest BCUT2D eigenvalue weighted by Crippen LogP contribution is -2.31. The van der Waals surface area contributed by atoms with Gasteiger partial charge in [0.05, 0.1) is 26.0 Å². The van der Waals surface area contributed by atoms with Gasteiger partial charge in [0.1, 0.15) is 17.4 Å². The van der Waals surface area contributed by atoms with Crippen molar-refractivity contribution in [3.63, 3.8) is 0 Å². The number of aromatic nitrogens is 2. The summed E-state index contributed by atoms with van der Waals surface area (Å²) >= 11 is 0. The van der Waals surface area contributed by atoms with Crippen LogP contribution in [-0.4, -0.2) is 41.9 Å². The van der Waals surface area contributed by atoms with Crippen LogP contribution in [0.4, 0.5) is 5.82 Å². The standard InChI is InChI=1S/C24H21N3O5/c1-14-4-13-19(26-25-14)27-21(15-5-9-17(31-2)10-6-15)20(23(29)24(27)30)22(28)16-7-11-18(32-3)12-8-16/h4-13,20-21H,1-3H3. The first kappa shape index (κ1) is 21.2. The number of amides is 1. The molecule has 1 aliphatic rings. The highest BCUT2D eigenvalue weighted by molar-refractivity contribution is 6.48. The van der Waals surface area contributed by atoms with Crippen molar-refractivity contribution in [3.05, 3.63) is 77.5 Å². The molecule has 2 atom stereocenters. The molecule has 0 spiro atoms. The van der Waals surface area contributed by atoms with Gasteiger partial charge in [0.2, 0.25) is 5.78 Å². The van der Waals surface area contributed by atoms with Gasteiger partial charge in [-0.25, -0.2) is 0 Å². The van der Waals surface area contributed by atoms with Crippen molar-refractivity contribution in [2.75, 3.05) is 19.1 Å². The maximum atomic E-state index is 13.4. The lowest BCUT2D eigenvalue weighted by Gasteiger charge is -2.26. The molecule has 2 heterocycles. The number of ketones is 2. The third-order valence-corrected chi connectivity index (χ3v) is 5.45. The Balaban J connectivity index is 1.81. The maximum absolute atomic E-state index is 13.4. The molecule has 32 heavy (non-hydrogen) atoms. The number of methoxy groups -OCH3 is 2. The smallest absolute Gasteiger partial charge is 0.297 e. The zero-order chi connectivity index (χ0) is 22.8. The number of carbonyl (C=O) groups excluding carboxylic acids is 3. The number of benzene rings is 2. The molecule has 0 saturated carbocycles. The summed E-state index contributed by atoms with van der Waals surface area (Å²) < 4.78 is 10.4. The quantitative estimate of drug-likeness (QED) is 0.336. The third-order valence-electron chi connectivity index (χ3n) is 5.45. The van der Waals surface area contributed by atoms with Crippen LogP contribution in [0.25, 0.3) is 0 Å². The van der Waals surface area contributed by atoms with Crippen molar-refractivity contribution in [2.24, 2.45) is 5.92 Å². The molecule has 0 aliphatic carbocycles. The Morgan fingerprint density at radius 2 is 1.44 bits per heavy atom. The minimum Gasteiger partial charge on any atom is -0.497 e. The lowest BCUT2D eigenvalue weighted by molar-refractivity contribution is -0.135. The topological polar surface area (TPSA) is 98.7 Å². The summed E-state index contributed by atoms with van der Waals surface area (Å²) in [6.07, 6.45) is 0. The highest BCUT2D eigenvalue weighted by Crippen LogP contribution is 2.41. The van der Waals surface area contributed by atoms with Gasteiger partial charge in [-0.15, -0.1) is 5.10 Å². The minimum absolute atomic E-state index is 0.208. The second kappa shape index (κ2) is 8.58. The van der Waals surface area contributed by atoms with E-state index in [9.17, 15) is 14.4 Å². The van der Waals surface area contributed by atoms with E-state index in [2.05, 4.69) is 10.2 Å². The van der Waals surface area contributed by atoms with Gasteiger partial charge in [-0.3, -0.25) is 19.3 Å². The fourth-order valence-electron chi connectivity index (χ4n) is 3.78. The molecule has 1 saturated heterocycles. The number of aryl methyl sites for hydroxylation is 1. The van der Waals surface area contributed by atoms with Gasteiger partial charge in [-0.1, -0.05) is 12.1 Å². The van der Waals surface area contributed by atoms with Gasteiger partial charge in [-0.05, 0) is 61.0 Å². The van der Waals surface area contributed by atoms with Crippen LogP contribution in [0.15, 0.2) is 60.7 Å². The molecule has 8 heteroatoms. The van der Waals surface area contributed by atoms with E-state index in [-0.39, 0.29) is 5.82 Å². The summed E-state index contributed by atoms with van der Waals surface area (Å²) in [4.78, 5) is 40.8. The Morgan fingerprint density at radius 3 is 1.97 bits per heavy atom. The number of Topliss-reactive ketones (excluding diaryl/α,β-unsaturated/α-hetero) is 2. The SMILES string of the molecule is COc1ccc(C(=O)C2C(=O)C(=O)N(c3ccc(C)nn3)C2c2ccc(OC)cc2)cc1. The van der Waals surface area contributed by atoms with E-state index in [1.165, 1.54) is 12.0 Å². The van der Waals surface area contributed by atoms with E-state index < -0.39 is 29.4 Å². The van der Waals surface area contributed by atoms with Crippen LogP contribution in [0.3, 0.4) is 0 Å². The van der Waals surface area contributed by atoms with Crippen LogP contribution in [0.2, 0.25) is 0 Å². The number of nitrogens with zero attached hydrogens (tertiary/aromatic N) is 3. The highest BCUT2D eigenvalue weighted by atomic mass is 16.5. The molecule has 0 N–H and O–H groups in total. The summed E-state index contributed by atoms with van der Waals surface area (Å²) in [6, 6.07) is 15.8. The second-order valence-electron chi connectivity index (χ2n) is 7.36. The van der Waals surface area contributed by atoms with Crippen molar-refractivity contribution in [1.29, 1.82) is 0 Å². The Morgan fingerprint density at radius 1 is 0.844 bits per heavy atom. The van der Waals surface area contributed by atoms with Crippen LogP contribution in [0, 0.1) is 12.8 Å². The third kappa shape index (κ3) is 3.71. The molecular formula is C24H21N3O5. The molecule has 1 amide bonds. The van der Waals surface area contributed by atoms with Crippen LogP contribution in [0.1, 0.15) is 27.7 Å². The van der Waals surface area contributed by atoms with Gasteiger partial charge < -0.3 is 9.47 Å². The molecule has 2 unspecified atom stereocenters. The summed E-state index contributed by atoms with van der Waals surface area (Å²) in [6.45, 7) is 1.77. The molecule has 0 bridgehead atoms. The molecule has 8 nitrogen and oxygen atoms in total. The Labute approximate surface area is 184 Å². The van der Waals surface area contributed by atoms with Gasteiger partial charge in [0, 0.05) is 5.56 Å². The van der Waals surface area contributed by atoms with Crippen LogP contribution in [-0.2, 0) is 9.59 Å². The minimum atomic E-state index is -1.23. The van der Waals surface area contributed by atoms with Crippen LogP contribution < -0.4 is 14.4 Å². The van der Waals surface area contributed by atoms with Crippen LogP contribution in [0.5, 0.6) is 11.5 Å². The molecule has 0 radical (unpaired) electrons.